The monoisotopic (exact) mass is 235 g/mol. The van der Waals surface area contributed by atoms with Crippen LogP contribution in [0.1, 0.15) is 63.0 Å². The lowest BCUT2D eigenvalue weighted by Gasteiger charge is -2.34. The molecule has 0 saturated heterocycles. The summed E-state index contributed by atoms with van der Waals surface area (Å²) in [5.74, 6) is 0.122. The topological polar surface area (TPSA) is 26.0 Å². The average molecular weight is 235 g/mol. The van der Waals surface area contributed by atoms with E-state index in [0.29, 0.717) is 0 Å². The predicted octanol–water partition coefficient (Wildman–Crippen LogP) is 4.07. The van der Waals surface area contributed by atoms with Gasteiger partial charge in [-0.15, -0.1) is 0 Å². The van der Waals surface area contributed by atoms with Gasteiger partial charge in [-0.3, -0.25) is 0 Å². The van der Waals surface area contributed by atoms with E-state index in [1.54, 1.807) is 6.07 Å². The molecule has 1 aromatic rings. The minimum absolute atomic E-state index is 0.104. The first-order chi connectivity index (χ1) is 8.03. The molecule has 0 unspecified atom stereocenters. The van der Waals surface area contributed by atoms with Crippen molar-refractivity contribution in [2.75, 3.05) is 0 Å². The van der Waals surface area contributed by atoms with Crippen molar-refractivity contribution in [1.29, 1.82) is 0 Å². The molecule has 0 radical (unpaired) electrons. The van der Waals surface area contributed by atoms with E-state index in [2.05, 4.69) is 0 Å². The maximum absolute atomic E-state index is 14.0. The molecule has 1 fully saturated rings. The van der Waals surface area contributed by atoms with Crippen LogP contribution in [0.5, 0.6) is 0 Å². The fourth-order valence-corrected chi connectivity index (χ4v) is 2.78. The van der Waals surface area contributed by atoms with Crippen molar-refractivity contribution in [1.82, 2.24) is 0 Å². The summed E-state index contributed by atoms with van der Waals surface area (Å²) in [4.78, 5) is 0. The third-order valence-electron chi connectivity index (χ3n) is 3.94. The van der Waals surface area contributed by atoms with Crippen LogP contribution in [0.2, 0.25) is 0 Å². The summed E-state index contributed by atoms with van der Waals surface area (Å²) < 4.78 is 14.0. The summed E-state index contributed by atoms with van der Waals surface area (Å²) in [6, 6.07) is 5.57. The average Bonchev–Trinajstić information content (AvgIpc) is 2.29. The smallest absolute Gasteiger partial charge is 0.127 e. The second-order valence-corrected chi connectivity index (χ2v) is 5.61. The van der Waals surface area contributed by atoms with Crippen LogP contribution in [0.25, 0.3) is 0 Å². The molecular formula is C15H22FN. The molecule has 1 aliphatic rings. The summed E-state index contributed by atoms with van der Waals surface area (Å²) in [6.45, 7) is 4.02. The molecule has 17 heavy (non-hydrogen) atoms. The van der Waals surface area contributed by atoms with Crippen LogP contribution in [0.4, 0.5) is 4.39 Å². The third-order valence-corrected chi connectivity index (χ3v) is 3.94. The number of hydrogen-bond donors (Lipinski definition) is 1. The van der Waals surface area contributed by atoms with E-state index in [1.165, 1.54) is 6.42 Å². The van der Waals surface area contributed by atoms with Crippen LogP contribution in [0, 0.1) is 5.82 Å². The molecule has 1 saturated carbocycles. The lowest BCUT2D eigenvalue weighted by Crippen LogP contribution is -2.38. The van der Waals surface area contributed by atoms with E-state index < -0.39 is 0 Å². The molecule has 0 amide bonds. The molecular weight excluding hydrogens is 213 g/mol. The summed E-state index contributed by atoms with van der Waals surface area (Å²) in [5.41, 5.74) is 7.87. The number of nitrogens with two attached hydrogens (primary N) is 1. The highest BCUT2D eigenvalue weighted by Crippen LogP contribution is 2.35. The zero-order valence-corrected chi connectivity index (χ0v) is 10.8. The van der Waals surface area contributed by atoms with Gasteiger partial charge in [-0.25, -0.2) is 4.39 Å². The van der Waals surface area contributed by atoms with Crippen molar-refractivity contribution in [2.24, 2.45) is 5.73 Å². The van der Waals surface area contributed by atoms with Gasteiger partial charge < -0.3 is 5.73 Å². The van der Waals surface area contributed by atoms with Gasteiger partial charge in [0, 0.05) is 5.54 Å². The van der Waals surface area contributed by atoms with E-state index in [1.807, 2.05) is 26.0 Å². The van der Waals surface area contributed by atoms with Gasteiger partial charge >= 0.3 is 0 Å². The number of rotatable bonds is 2. The van der Waals surface area contributed by atoms with E-state index in [0.717, 1.165) is 36.8 Å². The van der Waals surface area contributed by atoms with Crippen LogP contribution in [0.15, 0.2) is 18.2 Å². The summed E-state index contributed by atoms with van der Waals surface area (Å²) >= 11 is 0. The highest BCUT2D eigenvalue weighted by atomic mass is 19.1. The fourth-order valence-electron chi connectivity index (χ4n) is 2.78. The van der Waals surface area contributed by atoms with Crippen LogP contribution in [-0.4, -0.2) is 0 Å². The van der Waals surface area contributed by atoms with Gasteiger partial charge in [0.05, 0.1) is 0 Å². The van der Waals surface area contributed by atoms with Crippen LogP contribution >= 0.6 is 0 Å². The van der Waals surface area contributed by atoms with Crippen LogP contribution in [-0.2, 0) is 5.54 Å². The van der Waals surface area contributed by atoms with Crippen molar-refractivity contribution < 1.29 is 4.39 Å². The Bertz CT molecular complexity index is 392. The second-order valence-electron chi connectivity index (χ2n) is 5.61. The molecule has 1 aliphatic carbocycles. The molecule has 0 aliphatic heterocycles. The summed E-state index contributed by atoms with van der Waals surface area (Å²) in [6.07, 6.45) is 5.53. The predicted molar refractivity (Wildman–Crippen MR) is 69.4 cm³/mol. The van der Waals surface area contributed by atoms with Crippen LogP contribution in [0.3, 0.4) is 0 Å². The Hall–Kier alpha value is -0.890. The van der Waals surface area contributed by atoms with Gasteiger partial charge in [0.1, 0.15) is 5.82 Å². The Balaban J connectivity index is 2.30. The quantitative estimate of drug-likeness (QED) is 0.821. The largest absolute Gasteiger partial charge is 0.321 e. The van der Waals surface area contributed by atoms with Gasteiger partial charge in [0.25, 0.3) is 0 Å². The summed E-state index contributed by atoms with van der Waals surface area (Å²) in [5, 5.41) is 0. The Morgan fingerprint density at radius 3 is 2.35 bits per heavy atom. The third kappa shape index (κ3) is 2.52. The van der Waals surface area contributed by atoms with Gasteiger partial charge in [0.15, 0.2) is 0 Å². The Morgan fingerprint density at radius 1 is 1.18 bits per heavy atom. The van der Waals surface area contributed by atoms with E-state index >= 15 is 0 Å². The first kappa shape index (κ1) is 12.6. The fraction of sp³-hybridized carbons (Fsp3) is 0.600. The molecule has 94 valence electrons. The SMILES string of the molecule is CC(C)c1ccc(C2(N)CCCCC2)cc1F. The molecule has 2 heteroatoms. The molecule has 0 spiro atoms. The van der Waals surface area contributed by atoms with Crippen LogP contribution < -0.4 is 5.73 Å². The first-order valence-electron chi connectivity index (χ1n) is 6.62. The zero-order chi connectivity index (χ0) is 12.5. The van der Waals surface area contributed by atoms with Crippen molar-refractivity contribution in [3.8, 4) is 0 Å². The van der Waals surface area contributed by atoms with E-state index in [-0.39, 0.29) is 17.3 Å². The molecule has 2 N–H and O–H groups in total. The highest BCUT2D eigenvalue weighted by molar-refractivity contribution is 5.31. The standard InChI is InChI=1S/C15H22FN/c1-11(2)13-7-6-12(10-14(13)16)15(17)8-4-3-5-9-15/h6-7,10-11H,3-5,8-9,17H2,1-2H3. The minimum atomic E-state index is -0.297. The molecule has 0 atom stereocenters. The Kier molecular flexibility index (Phi) is 3.53. The Labute approximate surface area is 103 Å². The number of hydrogen-bond acceptors (Lipinski definition) is 1. The molecule has 2 rings (SSSR count). The maximum atomic E-state index is 14.0. The second kappa shape index (κ2) is 4.77. The number of halogens is 1. The summed E-state index contributed by atoms with van der Waals surface area (Å²) in [7, 11) is 0. The van der Waals surface area contributed by atoms with Gasteiger partial charge in [-0.2, -0.15) is 0 Å². The van der Waals surface area contributed by atoms with E-state index in [4.69, 9.17) is 5.73 Å². The van der Waals surface area contributed by atoms with Crippen molar-refractivity contribution in [3.63, 3.8) is 0 Å². The number of benzene rings is 1. The lowest BCUT2D eigenvalue weighted by molar-refractivity contribution is 0.301. The first-order valence-corrected chi connectivity index (χ1v) is 6.62. The molecule has 0 aromatic heterocycles. The van der Waals surface area contributed by atoms with Gasteiger partial charge in [0.2, 0.25) is 0 Å². The molecule has 1 aromatic carbocycles. The molecule has 0 heterocycles. The highest BCUT2D eigenvalue weighted by Gasteiger charge is 2.29. The molecule has 1 nitrogen and oxygen atoms in total. The van der Waals surface area contributed by atoms with Gasteiger partial charge in [-0.05, 0) is 36.0 Å². The van der Waals surface area contributed by atoms with Crippen molar-refractivity contribution in [2.45, 2.75) is 57.4 Å². The Morgan fingerprint density at radius 2 is 1.82 bits per heavy atom. The zero-order valence-electron chi connectivity index (χ0n) is 10.8. The van der Waals surface area contributed by atoms with Crippen molar-refractivity contribution in [3.05, 3.63) is 35.1 Å². The van der Waals surface area contributed by atoms with Crippen molar-refractivity contribution >= 4 is 0 Å². The molecule has 0 bridgehead atoms. The lowest BCUT2D eigenvalue weighted by atomic mass is 9.77. The van der Waals surface area contributed by atoms with E-state index in [9.17, 15) is 4.39 Å². The van der Waals surface area contributed by atoms with Gasteiger partial charge in [-0.1, -0.05) is 45.2 Å². The normalized spacial score (nSPS) is 19.6. The maximum Gasteiger partial charge on any atom is 0.127 e. The minimum Gasteiger partial charge on any atom is -0.321 e.